The fraction of sp³-hybridized carbons (Fsp3) is 0.273. The van der Waals surface area contributed by atoms with Crippen LogP contribution < -0.4 is 0 Å². The van der Waals surface area contributed by atoms with Crippen LogP contribution in [-0.4, -0.2) is 27.4 Å². The highest BCUT2D eigenvalue weighted by Crippen LogP contribution is 2.12. The van der Waals surface area contributed by atoms with Crippen molar-refractivity contribution in [2.75, 3.05) is 0 Å². The monoisotopic (exact) mass is 241 g/mol. The standard InChI is InChI=1S/C11H12ClNO3/c1-8(14)13(12)10(11(15)16)7-9-5-3-2-4-6-9/h2-6,10H,7H2,1H3,(H,15,16)/t10-/m1/s1. The van der Waals surface area contributed by atoms with Crippen molar-refractivity contribution in [3.63, 3.8) is 0 Å². The van der Waals surface area contributed by atoms with E-state index < -0.39 is 17.9 Å². The van der Waals surface area contributed by atoms with E-state index in [9.17, 15) is 9.59 Å². The Morgan fingerprint density at radius 1 is 1.38 bits per heavy atom. The van der Waals surface area contributed by atoms with E-state index in [1.807, 2.05) is 6.07 Å². The molecule has 0 saturated heterocycles. The third-order valence-electron chi connectivity index (χ3n) is 2.13. The third kappa shape index (κ3) is 3.24. The largest absolute Gasteiger partial charge is 0.480 e. The van der Waals surface area contributed by atoms with Gasteiger partial charge in [-0.1, -0.05) is 30.3 Å². The predicted octanol–water partition coefficient (Wildman–Crippen LogP) is 1.68. The average molecular weight is 242 g/mol. The zero-order chi connectivity index (χ0) is 12.1. The summed E-state index contributed by atoms with van der Waals surface area (Å²) in [6.07, 6.45) is 0.194. The minimum absolute atomic E-state index is 0.194. The summed E-state index contributed by atoms with van der Waals surface area (Å²) < 4.78 is 0.718. The second kappa shape index (κ2) is 5.51. The van der Waals surface area contributed by atoms with Gasteiger partial charge in [0.15, 0.2) is 0 Å². The Balaban J connectivity index is 2.81. The second-order valence-corrected chi connectivity index (χ2v) is 3.74. The molecule has 1 rings (SSSR count). The van der Waals surface area contributed by atoms with E-state index in [1.54, 1.807) is 24.3 Å². The smallest absolute Gasteiger partial charge is 0.328 e. The predicted molar refractivity (Wildman–Crippen MR) is 59.9 cm³/mol. The Morgan fingerprint density at radius 3 is 2.38 bits per heavy atom. The molecule has 5 heteroatoms. The molecular formula is C11H12ClNO3. The van der Waals surface area contributed by atoms with E-state index in [-0.39, 0.29) is 6.42 Å². The molecule has 1 amide bonds. The van der Waals surface area contributed by atoms with Crippen LogP contribution in [0.5, 0.6) is 0 Å². The number of carboxylic acids is 1. The summed E-state index contributed by atoms with van der Waals surface area (Å²) >= 11 is 5.63. The minimum atomic E-state index is -1.12. The molecule has 0 heterocycles. The number of halogens is 1. The summed E-state index contributed by atoms with van der Waals surface area (Å²) in [5.41, 5.74) is 0.821. The molecule has 4 nitrogen and oxygen atoms in total. The van der Waals surface area contributed by atoms with Gasteiger partial charge in [0.05, 0.1) is 0 Å². The highest BCUT2D eigenvalue weighted by Gasteiger charge is 2.26. The molecule has 0 aliphatic carbocycles. The Kier molecular flexibility index (Phi) is 4.31. The van der Waals surface area contributed by atoms with Crippen LogP contribution >= 0.6 is 11.8 Å². The van der Waals surface area contributed by atoms with Crippen LogP contribution in [0.1, 0.15) is 12.5 Å². The molecule has 0 saturated carbocycles. The van der Waals surface area contributed by atoms with Gasteiger partial charge in [0.25, 0.3) is 0 Å². The van der Waals surface area contributed by atoms with Gasteiger partial charge < -0.3 is 5.11 Å². The molecule has 1 aromatic rings. The lowest BCUT2D eigenvalue weighted by molar-refractivity contribution is -0.145. The topological polar surface area (TPSA) is 57.6 Å². The van der Waals surface area contributed by atoms with Crippen molar-refractivity contribution in [2.24, 2.45) is 0 Å². The normalized spacial score (nSPS) is 11.9. The highest BCUT2D eigenvalue weighted by molar-refractivity contribution is 6.22. The number of carboxylic acid groups (broad SMARTS) is 1. The first kappa shape index (κ1) is 12.5. The number of hydrogen-bond acceptors (Lipinski definition) is 2. The lowest BCUT2D eigenvalue weighted by atomic mass is 10.1. The Bertz CT molecular complexity index is 380. The number of nitrogens with zero attached hydrogens (tertiary/aromatic N) is 1. The zero-order valence-corrected chi connectivity index (χ0v) is 9.52. The fourth-order valence-electron chi connectivity index (χ4n) is 1.32. The van der Waals surface area contributed by atoms with Crippen molar-refractivity contribution in [3.05, 3.63) is 35.9 Å². The van der Waals surface area contributed by atoms with Crippen LogP contribution in [0.3, 0.4) is 0 Å². The molecule has 0 aliphatic rings. The van der Waals surface area contributed by atoms with Crippen LogP contribution in [0.4, 0.5) is 0 Å². The van der Waals surface area contributed by atoms with E-state index in [0.717, 1.165) is 9.98 Å². The maximum atomic E-state index is 11.0. The van der Waals surface area contributed by atoms with Gasteiger partial charge in [0.1, 0.15) is 6.04 Å². The van der Waals surface area contributed by atoms with Crippen molar-refractivity contribution in [2.45, 2.75) is 19.4 Å². The van der Waals surface area contributed by atoms with Gasteiger partial charge in [-0.3, -0.25) is 4.79 Å². The van der Waals surface area contributed by atoms with Gasteiger partial charge in [0.2, 0.25) is 5.91 Å². The minimum Gasteiger partial charge on any atom is -0.480 e. The van der Waals surface area contributed by atoms with Crippen molar-refractivity contribution >= 4 is 23.7 Å². The molecule has 1 atom stereocenters. The second-order valence-electron chi connectivity index (χ2n) is 3.37. The number of hydrogen-bond donors (Lipinski definition) is 1. The molecule has 0 radical (unpaired) electrons. The van der Waals surface area contributed by atoms with Crippen LogP contribution in [0, 0.1) is 0 Å². The van der Waals surface area contributed by atoms with Crippen molar-refractivity contribution < 1.29 is 14.7 Å². The number of amides is 1. The van der Waals surface area contributed by atoms with Gasteiger partial charge >= 0.3 is 5.97 Å². The first-order chi connectivity index (χ1) is 7.52. The van der Waals surface area contributed by atoms with Gasteiger partial charge in [0, 0.05) is 25.1 Å². The summed E-state index contributed by atoms with van der Waals surface area (Å²) in [5, 5.41) is 8.98. The van der Waals surface area contributed by atoms with E-state index in [2.05, 4.69) is 0 Å². The van der Waals surface area contributed by atoms with Gasteiger partial charge in [-0.25, -0.2) is 9.21 Å². The number of rotatable bonds is 4. The van der Waals surface area contributed by atoms with Gasteiger partial charge in [-0.05, 0) is 5.56 Å². The number of benzene rings is 1. The molecule has 1 N–H and O–H groups in total. The summed E-state index contributed by atoms with van der Waals surface area (Å²) in [4.78, 5) is 22.0. The Hall–Kier alpha value is -1.55. The SMILES string of the molecule is CC(=O)N(Cl)[C@H](Cc1ccccc1)C(=O)O. The fourth-order valence-corrected chi connectivity index (χ4v) is 1.47. The van der Waals surface area contributed by atoms with Crippen LogP contribution in [-0.2, 0) is 16.0 Å². The molecule has 0 aromatic heterocycles. The lowest BCUT2D eigenvalue weighted by Crippen LogP contribution is -2.39. The average Bonchev–Trinajstić information content (AvgIpc) is 2.26. The number of carbonyl (C=O) groups is 2. The van der Waals surface area contributed by atoms with Crippen molar-refractivity contribution in [3.8, 4) is 0 Å². The summed E-state index contributed by atoms with van der Waals surface area (Å²) in [6, 6.07) is 7.99. The number of carbonyl (C=O) groups excluding carboxylic acids is 1. The Labute approximate surface area is 98.5 Å². The molecule has 0 bridgehead atoms. The van der Waals surface area contributed by atoms with E-state index >= 15 is 0 Å². The van der Waals surface area contributed by atoms with E-state index in [0.29, 0.717) is 0 Å². The molecular weight excluding hydrogens is 230 g/mol. The van der Waals surface area contributed by atoms with Crippen molar-refractivity contribution in [1.82, 2.24) is 4.42 Å². The molecule has 16 heavy (non-hydrogen) atoms. The molecule has 0 spiro atoms. The van der Waals surface area contributed by atoms with Gasteiger partial charge in [-0.2, -0.15) is 0 Å². The first-order valence-electron chi connectivity index (χ1n) is 4.74. The van der Waals surface area contributed by atoms with Gasteiger partial charge in [-0.15, -0.1) is 0 Å². The Morgan fingerprint density at radius 2 is 1.94 bits per heavy atom. The van der Waals surface area contributed by atoms with Crippen LogP contribution in [0.25, 0.3) is 0 Å². The highest BCUT2D eigenvalue weighted by atomic mass is 35.5. The van der Waals surface area contributed by atoms with Crippen LogP contribution in [0.15, 0.2) is 30.3 Å². The molecule has 0 unspecified atom stereocenters. The summed E-state index contributed by atoms with van der Waals surface area (Å²) in [6.45, 7) is 1.23. The van der Waals surface area contributed by atoms with E-state index in [1.165, 1.54) is 6.92 Å². The maximum absolute atomic E-state index is 11.0. The van der Waals surface area contributed by atoms with Crippen molar-refractivity contribution in [1.29, 1.82) is 0 Å². The first-order valence-corrected chi connectivity index (χ1v) is 5.08. The van der Waals surface area contributed by atoms with Crippen LogP contribution in [0.2, 0.25) is 0 Å². The number of aliphatic carboxylic acids is 1. The quantitative estimate of drug-likeness (QED) is 0.816. The summed E-state index contributed by atoms with van der Waals surface area (Å²) in [5.74, 6) is -1.60. The summed E-state index contributed by atoms with van der Waals surface area (Å²) in [7, 11) is 0. The van der Waals surface area contributed by atoms with E-state index in [4.69, 9.17) is 16.9 Å². The lowest BCUT2D eigenvalue weighted by Gasteiger charge is -2.20. The molecule has 86 valence electrons. The molecule has 0 fully saturated rings. The third-order valence-corrected chi connectivity index (χ3v) is 2.61. The zero-order valence-electron chi connectivity index (χ0n) is 8.76. The molecule has 0 aliphatic heterocycles. The maximum Gasteiger partial charge on any atom is 0.328 e. The molecule has 1 aromatic carbocycles.